The molecule has 3 rings (SSSR count). The van der Waals surface area contributed by atoms with Crippen LogP contribution in [0.3, 0.4) is 0 Å². The molecule has 26 heavy (non-hydrogen) atoms. The van der Waals surface area contributed by atoms with Gasteiger partial charge in [0.2, 0.25) is 5.91 Å². The summed E-state index contributed by atoms with van der Waals surface area (Å²) in [7, 11) is 1.88. The molecule has 0 fully saturated rings. The Balaban J connectivity index is 1.61. The second-order valence-electron chi connectivity index (χ2n) is 5.86. The lowest BCUT2D eigenvalue weighted by Crippen LogP contribution is -2.28. The first-order chi connectivity index (χ1) is 12.5. The lowest BCUT2D eigenvalue weighted by atomic mass is 10.1. The highest BCUT2D eigenvalue weighted by Gasteiger charge is 2.14. The molecule has 0 bridgehead atoms. The molecule has 0 saturated heterocycles. The van der Waals surface area contributed by atoms with E-state index in [1.165, 1.54) is 11.8 Å². The van der Waals surface area contributed by atoms with Gasteiger partial charge in [-0.1, -0.05) is 65.8 Å². The Kier molecular flexibility index (Phi) is 5.96. The summed E-state index contributed by atoms with van der Waals surface area (Å²) in [5, 5.41) is 12.7. The van der Waals surface area contributed by atoms with Gasteiger partial charge in [0.25, 0.3) is 0 Å². The molecule has 0 aliphatic rings. The van der Waals surface area contributed by atoms with Crippen LogP contribution in [0.5, 0.6) is 0 Å². The van der Waals surface area contributed by atoms with E-state index in [-0.39, 0.29) is 17.7 Å². The van der Waals surface area contributed by atoms with Crippen LogP contribution >= 0.6 is 23.4 Å². The number of carbonyl (C=O) groups excluding carboxylic acids is 1. The van der Waals surface area contributed by atoms with Crippen molar-refractivity contribution in [3.8, 4) is 11.4 Å². The average Bonchev–Trinajstić information content (AvgIpc) is 3.01. The van der Waals surface area contributed by atoms with Gasteiger partial charge in [-0.2, -0.15) is 0 Å². The van der Waals surface area contributed by atoms with Crippen molar-refractivity contribution in [2.45, 2.75) is 18.1 Å². The number of hydrogen-bond acceptors (Lipinski definition) is 4. The standard InChI is InChI=1S/C19H19ClN4OS/c1-13(14-7-4-3-5-8-14)21-17(25)12-26-19-23-22-18(24(19)2)15-9-6-10-16(20)11-15/h3-11,13H,12H2,1-2H3,(H,21,25). The molecule has 1 heterocycles. The average molecular weight is 387 g/mol. The number of halogens is 1. The zero-order valence-electron chi connectivity index (χ0n) is 14.5. The van der Waals surface area contributed by atoms with Crippen LogP contribution in [0.4, 0.5) is 0 Å². The van der Waals surface area contributed by atoms with Crippen molar-refractivity contribution in [2.75, 3.05) is 5.75 Å². The zero-order chi connectivity index (χ0) is 18.5. The molecule has 0 aliphatic carbocycles. The Labute approximate surface area is 161 Å². The van der Waals surface area contributed by atoms with Crippen LogP contribution in [0, 0.1) is 0 Å². The quantitative estimate of drug-likeness (QED) is 0.648. The van der Waals surface area contributed by atoms with Crippen LogP contribution in [0.2, 0.25) is 5.02 Å². The molecule has 134 valence electrons. The molecule has 1 atom stereocenters. The maximum Gasteiger partial charge on any atom is 0.230 e. The van der Waals surface area contributed by atoms with Gasteiger partial charge in [0.05, 0.1) is 11.8 Å². The largest absolute Gasteiger partial charge is 0.349 e. The molecule has 1 aromatic heterocycles. The maximum absolute atomic E-state index is 12.2. The van der Waals surface area contributed by atoms with Crippen LogP contribution < -0.4 is 5.32 Å². The van der Waals surface area contributed by atoms with Gasteiger partial charge in [-0.25, -0.2) is 0 Å². The molecule has 0 aliphatic heterocycles. The van der Waals surface area contributed by atoms with E-state index in [0.29, 0.717) is 16.0 Å². The molecule has 1 N–H and O–H groups in total. The van der Waals surface area contributed by atoms with Gasteiger partial charge in [0, 0.05) is 17.6 Å². The Morgan fingerprint density at radius 3 is 2.69 bits per heavy atom. The number of nitrogens with one attached hydrogen (secondary N) is 1. The number of amides is 1. The number of hydrogen-bond donors (Lipinski definition) is 1. The number of aromatic nitrogens is 3. The van der Waals surface area contributed by atoms with E-state index in [2.05, 4.69) is 15.5 Å². The molecule has 0 spiro atoms. The van der Waals surface area contributed by atoms with Crippen molar-refractivity contribution >= 4 is 29.3 Å². The van der Waals surface area contributed by atoms with E-state index in [9.17, 15) is 4.79 Å². The second kappa shape index (κ2) is 8.38. The van der Waals surface area contributed by atoms with Crippen molar-refractivity contribution in [3.05, 3.63) is 65.2 Å². The third-order valence-electron chi connectivity index (χ3n) is 3.93. The Bertz CT molecular complexity index is 898. The number of nitrogens with zero attached hydrogens (tertiary/aromatic N) is 3. The topological polar surface area (TPSA) is 59.8 Å². The van der Waals surface area contributed by atoms with Crippen LogP contribution in [-0.4, -0.2) is 26.4 Å². The van der Waals surface area contributed by atoms with Gasteiger partial charge in [-0.15, -0.1) is 10.2 Å². The first-order valence-electron chi connectivity index (χ1n) is 8.17. The molecular weight excluding hydrogens is 368 g/mol. The van der Waals surface area contributed by atoms with E-state index < -0.39 is 0 Å². The molecule has 3 aromatic rings. The minimum Gasteiger partial charge on any atom is -0.349 e. The molecule has 7 heteroatoms. The predicted octanol–water partition coefficient (Wildman–Crippen LogP) is 4.11. The van der Waals surface area contributed by atoms with Gasteiger partial charge < -0.3 is 9.88 Å². The summed E-state index contributed by atoms with van der Waals surface area (Å²) < 4.78 is 1.87. The highest BCUT2D eigenvalue weighted by molar-refractivity contribution is 7.99. The van der Waals surface area contributed by atoms with Gasteiger partial charge in [0.1, 0.15) is 0 Å². The van der Waals surface area contributed by atoms with Crippen molar-refractivity contribution in [2.24, 2.45) is 7.05 Å². The summed E-state index contributed by atoms with van der Waals surface area (Å²) in [6, 6.07) is 17.3. The third kappa shape index (κ3) is 4.45. The van der Waals surface area contributed by atoms with E-state index in [0.717, 1.165) is 11.1 Å². The zero-order valence-corrected chi connectivity index (χ0v) is 16.1. The fourth-order valence-corrected chi connectivity index (χ4v) is 3.47. The number of benzene rings is 2. The SMILES string of the molecule is CC(NC(=O)CSc1nnc(-c2cccc(Cl)c2)n1C)c1ccccc1. The lowest BCUT2D eigenvalue weighted by molar-refractivity contribution is -0.119. The molecular formula is C19H19ClN4OS. The lowest BCUT2D eigenvalue weighted by Gasteiger charge is -2.14. The summed E-state index contributed by atoms with van der Waals surface area (Å²) in [5.41, 5.74) is 1.97. The fraction of sp³-hybridized carbons (Fsp3) is 0.211. The van der Waals surface area contributed by atoms with Crippen LogP contribution in [-0.2, 0) is 11.8 Å². The minimum absolute atomic E-state index is 0.0363. The van der Waals surface area contributed by atoms with Gasteiger partial charge in [-0.3, -0.25) is 4.79 Å². The van der Waals surface area contributed by atoms with Crippen LogP contribution in [0.25, 0.3) is 11.4 Å². The maximum atomic E-state index is 12.2. The van der Waals surface area contributed by atoms with Gasteiger partial charge in [-0.05, 0) is 24.6 Å². The summed E-state index contributed by atoms with van der Waals surface area (Å²) in [4.78, 5) is 12.2. The molecule has 2 aromatic carbocycles. The Morgan fingerprint density at radius 1 is 1.19 bits per heavy atom. The van der Waals surface area contributed by atoms with Crippen molar-refractivity contribution in [1.29, 1.82) is 0 Å². The van der Waals surface area contributed by atoms with E-state index in [1.807, 2.05) is 73.1 Å². The minimum atomic E-state index is -0.0429. The van der Waals surface area contributed by atoms with Crippen LogP contribution in [0.1, 0.15) is 18.5 Å². The van der Waals surface area contributed by atoms with E-state index >= 15 is 0 Å². The number of rotatable bonds is 6. The Hall–Kier alpha value is -2.31. The van der Waals surface area contributed by atoms with Gasteiger partial charge >= 0.3 is 0 Å². The Morgan fingerprint density at radius 2 is 1.96 bits per heavy atom. The predicted molar refractivity (Wildman–Crippen MR) is 105 cm³/mol. The second-order valence-corrected chi connectivity index (χ2v) is 7.24. The summed E-state index contributed by atoms with van der Waals surface area (Å²) in [5.74, 6) is 0.949. The monoisotopic (exact) mass is 386 g/mol. The summed E-state index contributed by atoms with van der Waals surface area (Å²) in [6.07, 6.45) is 0. The fourth-order valence-electron chi connectivity index (χ4n) is 2.56. The van der Waals surface area contributed by atoms with Crippen molar-refractivity contribution in [1.82, 2.24) is 20.1 Å². The van der Waals surface area contributed by atoms with Crippen LogP contribution in [0.15, 0.2) is 59.8 Å². The van der Waals surface area contributed by atoms with Gasteiger partial charge in [0.15, 0.2) is 11.0 Å². The molecule has 1 unspecified atom stereocenters. The number of thioether (sulfide) groups is 1. The highest BCUT2D eigenvalue weighted by Crippen LogP contribution is 2.24. The molecule has 1 amide bonds. The first kappa shape index (κ1) is 18.5. The summed E-state index contributed by atoms with van der Waals surface area (Å²) >= 11 is 7.40. The first-order valence-corrected chi connectivity index (χ1v) is 9.53. The van der Waals surface area contributed by atoms with E-state index in [1.54, 1.807) is 0 Å². The third-order valence-corrected chi connectivity index (χ3v) is 5.18. The number of carbonyl (C=O) groups is 1. The van der Waals surface area contributed by atoms with E-state index in [4.69, 9.17) is 11.6 Å². The molecule has 0 radical (unpaired) electrons. The highest BCUT2D eigenvalue weighted by atomic mass is 35.5. The smallest absolute Gasteiger partial charge is 0.230 e. The molecule has 0 saturated carbocycles. The van der Waals surface area contributed by atoms with Crippen molar-refractivity contribution < 1.29 is 4.79 Å². The molecule has 5 nitrogen and oxygen atoms in total. The summed E-state index contributed by atoms with van der Waals surface area (Å²) in [6.45, 7) is 1.97. The van der Waals surface area contributed by atoms with Crippen molar-refractivity contribution in [3.63, 3.8) is 0 Å². The normalized spacial score (nSPS) is 12.0.